The lowest BCUT2D eigenvalue weighted by molar-refractivity contribution is 0.440. The van der Waals surface area contributed by atoms with Crippen molar-refractivity contribution in [1.29, 1.82) is 0 Å². The van der Waals surface area contributed by atoms with Gasteiger partial charge in [-0.2, -0.15) is 5.10 Å². The monoisotopic (exact) mass is 222 g/mol. The summed E-state index contributed by atoms with van der Waals surface area (Å²) in [6.45, 7) is 6.36. The van der Waals surface area contributed by atoms with Gasteiger partial charge in [-0.1, -0.05) is 6.92 Å². The maximum atomic E-state index is 4.36. The van der Waals surface area contributed by atoms with E-state index in [1.165, 1.54) is 19.3 Å². The number of nitrogens with zero attached hydrogens (tertiary/aromatic N) is 3. The minimum Gasteiger partial charge on any atom is -0.313 e. The van der Waals surface area contributed by atoms with E-state index in [4.69, 9.17) is 0 Å². The Labute approximate surface area is 97.5 Å². The number of aromatic nitrogens is 3. The van der Waals surface area contributed by atoms with Crippen molar-refractivity contribution in [3.8, 4) is 0 Å². The summed E-state index contributed by atoms with van der Waals surface area (Å²) in [6, 6.07) is 0.606. The van der Waals surface area contributed by atoms with Crippen LogP contribution in [0.25, 0.3) is 0 Å². The van der Waals surface area contributed by atoms with Gasteiger partial charge in [0.25, 0.3) is 0 Å². The SMILES string of the molecule is CCCNC(Cc1ncnn1CC)C1CC1. The predicted octanol–water partition coefficient (Wildman–Crippen LogP) is 1.62. The highest BCUT2D eigenvalue weighted by atomic mass is 15.3. The van der Waals surface area contributed by atoms with Crippen LogP contribution in [0.15, 0.2) is 6.33 Å². The van der Waals surface area contributed by atoms with Crippen LogP contribution in [0, 0.1) is 5.92 Å². The zero-order valence-electron chi connectivity index (χ0n) is 10.3. The molecule has 1 saturated carbocycles. The molecule has 4 nitrogen and oxygen atoms in total. The predicted molar refractivity (Wildman–Crippen MR) is 64.2 cm³/mol. The van der Waals surface area contributed by atoms with Crippen LogP contribution in [-0.2, 0) is 13.0 Å². The van der Waals surface area contributed by atoms with Crippen LogP contribution in [0.5, 0.6) is 0 Å². The number of rotatable bonds is 7. The Balaban J connectivity index is 1.94. The van der Waals surface area contributed by atoms with Crippen molar-refractivity contribution in [3.05, 3.63) is 12.2 Å². The molecule has 0 bridgehead atoms. The first-order valence-electron chi connectivity index (χ1n) is 6.45. The Morgan fingerprint density at radius 2 is 2.31 bits per heavy atom. The van der Waals surface area contributed by atoms with Crippen molar-refractivity contribution in [2.75, 3.05) is 6.54 Å². The third kappa shape index (κ3) is 2.82. The minimum absolute atomic E-state index is 0.606. The second kappa shape index (κ2) is 5.43. The van der Waals surface area contributed by atoms with Crippen molar-refractivity contribution in [2.24, 2.45) is 5.92 Å². The molecule has 4 heteroatoms. The summed E-state index contributed by atoms with van der Waals surface area (Å²) in [4.78, 5) is 4.36. The van der Waals surface area contributed by atoms with Crippen molar-refractivity contribution >= 4 is 0 Å². The Kier molecular flexibility index (Phi) is 3.93. The van der Waals surface area contributed by atoms with Gasteiger partial charge in [-0.3, -0.25) is 4.68 Å². The Hall–Kier alpha value is -0.900. The lowest BCUT2D eigenvalue weighted by atomic mass is 10.1. The average Bonchev–Trinajstić information content (AvgIpc) is 3.05. The molecule has 0 spiro atoms. The molecule has 1 unspecified atom stereocenters. The van der Waals surface area contributed by atoms with Gasteiger partial charge >= 0.3 is 0 Å². The number of aryl methyl sites for hydroxylation is 1. The first-order chi connectivity index (χ1) is 7.85. The molecule has 1 N–H and O–H groups in total. The van der Waals surface area contributed by atoms with Crippen molar-refractivity contribution in [3.63, 3.8) is 0 Å². The Bertz CT molecular complexity index is 317. The van der Waals surface area contributed by atoms with Crippen LogP contribution >= 0.6 is 0 Å². The summed E-state index contributed by atoms with van der Waals surface area (Å²) in [7, 11) is 0. The molecule has 0 saturated heterocycles. The highest BCUT2D eigenvalue weighted by Gasteiger charge is 2.31. The number of nitrogens with one attached hydrogen (secondary N) is 1. The van der Waals surface area contributed by atoms with Crippen molar-refractivity contribution in [1.82, 2.24) is 20.1 Å². The summed E-state index contributed by atoms with van der Waals surface area (Å²) >= 11 is 0. The van der Waals surface area contributed by atoms with E-state index in [1.54, 1.807) is 6.33 Å². The highest BCUT2D eigenvalue weighted by molar-refractivity contribution is 4.96. The van der Waals surface area contributed by atoms with E-state index in [9.17, 15) is 0 Å². The van der Waals surface area contributed by atoms with Gasteiger partial charge in [0.2, 0.25) is 0 Å². The van der Waals surface area contributed by atoms with Crippen molar-refractivity contribution in [2.45, 2.75) is 52.1 Å². The highest BCUT2D eigenvalue weighted by Crippen LogP contribution is 2.33. The molecule has 16 heavy (non-hydrogen) atoms. The van der Waals surface area contributed by atoms with E-state index in [-0.39, 0.29) is 0 Å². The van der Waals surface area contributed by atoms with Crippen LogP contribution in [0.1, 0.15) is 38.9 Å². The van der Waals surface area contributed by atoms with Crippen molar-refractivity contribution < 1.29 is 0 Å². The minimum atomic E-state index is 0.606. The molecule has 1 atom stereocenters. The van der Waals surface area contributed by atoms with Crippen LogP contribution in [0.3, 0.4) is 0 Å². The molecule has 1 fully saturated rings. The largest absolute Gasteiger partial charge is 0.313 e. The molecule has 1 aliphatic carbocycles. The zero-order valence-corrected chi connectivity index (χ0v) is 10.3. The van der Waals surface area contributed by atoms with Gasteiger partial charge < -0.3 is 5.32 Å². The fourth-order valence-corrected chi connectivity index (χ4v) is 2.14. The maximum absolute atomic E-state index is 4.36. The standard InChI is InChI=1S/C12H22N4/c1-3-7-13-11(10-5-6-10)8-12-14-9-15-16(12)4-2/h9-11,13H,3-8H2,1-2H3. The Morgan fingerprint density at radius 1 is 1.50 bits per heavy atom. The molecule has 1 aromatic rings. The molecule has 1 aromatic heterocycles. The molecule has 0 radical (unpaired) electrons. The summed E-state index contributed by atoms with van der Waals surface area (Å²) in [6.07, 6.45) is 6.65. The molecular weight excluding hydrogens is 200 g/mol. The summed E-state index contributed by atoms with van der Waals surface area (Å²) in [5, 5.41) is 7.87. The molecule has 0 aromatic carbocycles. The first kappa shape index (κ1) is 11.6. The van der Waals surface area contributed by atoms with Gasteiger partial charge in [0.15, 0.2) is 0 Å². The van der Waals surface area contributed by atoms with E-state index in [1.807, 2.05) is 4.68 Å². The molecule has 90 valence electrons. The molecule has 1 heterocycles. The van der Waals surface area contributed by atoms with Gasteiger partial charge in [0, 0.05) is 19.0 Å². The molecule has 0 amide bonds. The number of hydrogen-bond acceptors (Lipinski definition) is 3. The van der Waals surface area contributed by atoms with E-state index in [0.29, 0.717) is 6.04 Å². The first-order valence-corrected chi connectivity index (χ1v) is 6.45. The normalized spacial score (nSPS) is 17.6. The fourth-order valence-electron chi connectivity index (χ4n) is 2.14. The van der Waals surface area contributed by atoms with Crippen LogP contribution in [0.4, 0.5) is 0 Å². The lowest BCUT2D eigenvalue weighted by Gasteiger charge is -2.17. The zero-order chi connectivity index (χ0) is 11.4. The second-order valence-electron chi connectivity index (χ2n) is 4.59. The average molecular weight is 222 g/mol. The van der Waals surface area contributed by atoms with Gasteiger partial charge in [0.05, 0.1) is 0 Å². The summed E-state index contributed by atoms with van der Waals surface area (Å²) < 4.78 is 2.00. The Morgan fingerprint density at radius 3 is 2.94 bits per heavy atom. The third-order valence-electron chi connectivity index (χ3n) is 3.25. The van der Waals surface area contributed by atoms with Crippen LogP contribution in [-0.4, -0.2) is 27.4 Å². The summed E-state index contributed by atoms with van der Waals surface area (Å²) in [5.41, 5.74) is 0. The smallest absolute Gasteiger partial charge is 0.138 e. The molecule has 2 rings (SSSR count). The van der Waals surface area contributed by atoms with E-state index in [2.05, 4.69) is 29.2 Å². The quantitative estimate of drug-likeness (QED) is 0.762. The van der Waals surface area contributed by atoms with Gasteiger partial charge in [-0.05, 0) is 38.6 Å². The molecular formula is C12H22N4. The van der Waals surface area contributed by atoms with Crippen LogP contribution in [0.2, 0.25) is 0 Å². The number of hydrogen-bond donors (Lipinski definition) is 1. The lowest BCUT2D eigenvalue weighted by Crippen LogP contribution is -2.34. The van der Waals surface area contributed by atoms with E-state index in [0.717, 1.165) is 31.3 Å². The molecule has 0 aliphatic heterocycles. The topological polar surface area (TPSA) is 42.7 Å². The fraction of sp³-hybridized carbons (Fsp3) is 0.833. The van der Waals surface area contributed by atoms with Gasteiger partial charge in [0.1, 0.15) is 12.2 Å². The second-order valence-corrected chi connectivity index (χ2v) is 4.59. The van der Waals surface area contributed by atoms with Gasteiger partial charge in [-0.15, -0.1) is 0 Å². The third-order valence-corrected chi connectivity index (χ3v) is 3.25. The maximum Gasteiger partial charge on any atom is 0.138 e. The van der Waals surface area contributed by atoms with E-state index < -0.39 is 0 Å². The summed E-state index contributed by atoms with van der Waals surface area (Å²) in [5.74, 6) is 2.00. The van der Waals surface area contributed by atoms with Crippen LogP contribution < -0.4 is 5.32 Å². The molecule has 1 aliphatic rings. The van der Waals surface area contributed by atoms with Gasteiger partial charge in [-0.25, -0.2) is 4.98 Å². The van der Waals surface area contributed by atoms with E-state index >= 15 is 0 Å².